The molecule has 1 rings (SSSR count). The summed E-state index contributed by atoms with van der Waals surface area (Å²) in [5, 5.41) is 3.07. The fourth-order valence-corrected chi connectivity index (χ4v) is 1.97. The second-order valence-corrected chi connectivity index (χ2v) is 4.70. The highest BCUT2D eigenvalue weighted by Crippen LogP contribution is 2.15. The number of nitrogens with two attached hydrogens (primary N) is 1. The molecule has 1 aromatic carbocycles. The van der Waals surface area contributed by atoms with Crippen molar-refractivity contribution in [3.63, 3.8) is 0 Å². The Hall–Kier alpha value is -1.06. The predicted molar refractivity (Wildman–Crippen MR) is 82.9 cm³/mol. The van der Waals surface area contributed by atoms with Crippen molar-refractivity contribution in [2.45, 2.75) is 45.6 Å². The monoisotopic (exact) mass is 284 g/mol. The third kappa shape index (κ3) is 4.51. The van der Waals surface area contributed by atoms with E-state index >= 15 is 0 Å². The van der Waals surface area contributed by atoms with Crippen molar-refractivity contribution in [2.75, 3.05) is 6.54 Å². The summed E-state index contributed by atoms with van der Waals surface area (Å²) < 4.78 is 0. The van der Waals surface area contributed by atoms with Crippen LogP contribution in [0.5, 0.6) is 0 Å². The number of benzene rings is 1. The van der Waals surface area contributed by atoms with Gasteiger partial charge in [0, 0.05) is 12.1 Å². The summed E-state index contributed by atoms with van der Waals surface area (Å²) in [6.07, 6.45) is 2.68. The van der Waals surface area contributed by atoms with Crippen LogP contribution in [-0.4, -0.2) is 18.0 Å². The fourth-order valence-electron chi connectivity index (χ4n) is 1.97. The molecule has 0 fully saturated rings. The van der Waals surface area contributed by atoms with Crippen LogP contribution in [-0.2, 0) is 6.42 Å². The summed E-state index contributed by atoms with van der Waals surface area (Å²) in [5.41, 5.74) is 7.45. The van der Waals surface area contributed by atoms with Gasteiger partial charge in [0.1, 0.15) is 0 Å². The first-order valence-corrected chi connectivity index (χ1v) is 6.72. The predicted octanol–water partition coefficient (Wildman–Crippen LogP) is 2.92. The largest absolute Gasteiger partial charge is 0.345 e. The average molecular weight is 285 g/mol. The van der Waals surface area contributed by atoms with Crippen LogP contribution < -0.4 is 11.1 Å². The number of hydrogen-bond acceptors (Lipinski definition) is 2. The molecule has 0 saturated carbocycles. The molecule has 1 amide bonds. The number of carbonyl (C=O) groups excluding carboxylic acids is 1. The molecule has 4 heteroatoms. The summed E-state index contributed by atoms with van der Waals surface area (Å²) in [6.45, 7) is 6.68. The Bertz CT molecular complexity index is 377. The lowest BCUT2D eigenvalue weighted by Gasteiger charge is -2.31. The maximum absolute atomic E-state index is 12.2. The van der Waals surface area contributed by atoms with E-state index in [1.54, 1.807) is 0 Å². The number of amides is 1. The smallest absolute Gasteiger partial charge is 0.251 e. The molecule has 0 aliphatic carbocycles. The van der Waals surface area contributed by atoms with Crippen LogP contribution in [0.25, 0.3) is 0 Å². The Morgan fingerprint density at radius 1 is 1.16 bits per heavy atom. The standard InChI is InChI=1S/C15H24N2O.ClH/c1-4-12-7-9-13(10-8-12)14(18)17-15(5-2,6-3)11-16;/h7-10H,4-6,11,16H2,1-3H3,(H,17,18);1H. The second kappa shape index (κ2) is 8.18. The van der Waals surface area contributed by atoms with Crippen LogP contribution in [0.4, 0.5) is 0 Å². The molecule has 0 unspecified atom stereocenters. The molecule has 0 aliphatic heterocycles. The molecule has 3 nitrogen and oxygen atoms in total. The Kier molecular flexibility index (Phi) is 7.72. The lowest BCUT2D eigenvalue weighted by Crippen LogP contribution is -2.52. The number of hydrogen-bond donors (Lipinski definition) is 2. The number of rotatable bonds is 6. The van der Waals surface area contributed by atoms with Gasteiger partial charge in [0.15, 0.2) is 0 Å². The minimum absolute atomic E-state index is 0. The zero-order valence-electron chi connectivity index (χ0n) is 12.0. The first-order chi connectivity index (χ1) is 8.60. The summed E-state index contributed by atoms with van der Waals surface area (Å²) in [4.78, 5) is 12.2. The molecule has 0 radical (unpaired) electrons. The molecule has 0 bridgehead atoms. The first kappa shape index (κ1) is 17.9. The number of aryl methyl sites for hydroxylation is 1. The van der Waals surface area contributed by atoms with Crippen LogP contribution >= 0.6 is 12.4 Å². The third-order valence-corrected chi connectivity index (χ3v) is 3.75. The van der Waals surface area contributed by atoms with Crippen molar-refractivity contribution in [1.29, 1.82) is 0 Å². The van der Waals surface area contributed by atoms with Gasteiger partial charge < -0.3 is 11.1 Å². The maximum Gasteiger partial charge on any atom is 0.251 e. The molecule has 3 N–H and O–H groups in total. The molecule has 0 spiro atoms. The third-order valence-electron chi connectivity index (χ3n) is 3.75. The Morgan fingerprint density at radius 3 is 2.05 bits per heavy atom. The number of nitrogens with one attached hydrogen (secondary N) is 1. The Morgan fingerprint density at radius 2 is 1.68 bits per heavy atom. The van der Waals surface area contributed by atoms with E-state index in [1.165, 1.54) is 5.56 Å². The van der Waals surface area contributed by atoms with Crippen molar-refractivity contribution >= 4 is 18.3 Å². The van der Waals surface area contributed by atoms with Crippen molar-refractivity contribution in [3.05, 3.63) is 35.4 Å². The minimum Gasteiger partial charge on any atom is -0.345 e. The molecule has 0 atom stereocenters. The highest BCUT2D eigenvalue weighted by Gasteiger charge is 2.26. The van der Waals surface area contributed by atoms with E-state index in [0.717, 1.165) is 19.3 Å². The van der Waals surface area contributed by atoms with Gasteiger partial charge in [-0.05, 0) is 37.0 Å². The summed E-state index contributed by atoms with van der Waals surface area (Å²) in [5.74, 6) is -0.0354. The van der Waals surface area contributed by atoms with Crippen molar-refractivity contribution < 1.29 is 4.79 Å². The lowest BCUT2D eigenvalue weighted by atomic mass is 9.92. The van der Waals surface area contributed by atoms with Gasteiger partial charge >= 0.3 is 0 Å². The zero-order chi connectivity index (χ0) is 13.6. The maximum atomic E-state index is 12.2. The van der Waals surface area contributed by atoms with Crippen molar-refractivity contribution in [2.24, 2.45) is 5.73 Å². The molecule has 0 saturated heterocycles. The van der Waals surface area contributed by atoms with Crippen molar-refractivity contribution in [1.82, 2.24) is 5.32 Å². The van der Waals surface area contributed by atoms with Gasteiger partial charge in [-0.3, -0.25) is 4.79 Å². The summed E-state index contributed by atoms with van der Waals surface area (Å²) in [7, 11) is 0. The number of halogens is 1. The van der Waals surface area contributed by atoms with E-state index in [4.69, 9.17) is 5.73 Å². The lowest BCUT2D eigenvalue weighted by molar-refractivity contribution is 0.0895. The van der Waals surface area contributed by atoms with E-state index in [9.17, 15) is 4.79 Å². The van der Waals surface area contributed by atoms with Gasteiger partial charge in [-0.25, -0.2) is 0 Å². The minimum atomic E-state index is -0.277. The van der Waals surface area contributed by atoms with Gasteiger partial charge in [0.05, 0.1) is 5.54 Å². The molecule has 0 heterocycles. The molecule has 19 heavy (non-hydrogen) atoms. The molecular weight excluding hydrogens is 260 g/mol. The van der Waals surface area contributed by atoms with Crippen LogP contribution in [0, 0.1) is 0 Å². The van der Waals surface area contributed by atoms with Gasteiger partial charge in [0.25, 0.3) is 5.91 Å². The Labute approximate surface area is 122 Å². The van der Waals surface area contributed by atoms with Gasteiger partial charge in [-0.15, -0.1) is 12.4 Å². The highest BCUT2D eigenvalue weighted by molar-refractivity contribution is 5.94. The molecular formula is C15H25ClN2O. The molecule has 0 aromatic heterocycles. The second-order valence-electron chi connectivity index (χ2n) is 4.70. The topological polar surface area (TPSA) is 55.1 Å². The molecule has 0 aliphatic rings. The summed E-state index contributed by atoms with van der Waals surface area (Å²) >= 11 is 0. The quantitative estimate of drug-likeness (QED) is 0.844. The zero-order valence-corrected chi connectivity index (χ0v) is 12.8. The fraction of sp³-hybridized carbons (Fsp3) is 0.533. The van der Waals surface area contributed by atoms with Crippen molar-refractivity contribution in [3.8, 4) is 0 Å². The average Bonchev–Trinajstić information content (AvgIpc) is 2.45. The number of carbonyl (C=O) groups is 1. The van der Waals surface area contributed by atoms with Crippen LogP contribution in [0.3, 0.4) is 0 Å². The van der Waals surface area contributed by atoms with Gasteiger partial charge in [-0.2, -0.15) is 0 Å². The van der Waals surface area contributed by atoms with Crippen LogP contribution in [0.1, 0.15) is 49.5 Å². The van der Waals surface area contributed by atoms with Gasteiger partial charge in [0.2, 0.25) is 0 Å². The van der Waals surface area contributed by atoms with Crippen LogP contribution in [0.2, 0.25) is 0 Å². The van der Waals surface area contributed by atoms with E-state index in [2.05, 4.69) is 26.1 Å². The van der Waals surface area contributed by atoms with Gasteiger partial charge in [-0.1, -0.05) is 32.9 Å². The Balaban J connectivity index is 0.00000324. The van der Waals surface area contributed by atoms with Crippen LogP contribution in [0.15, 0.2) is 24.3 Å². The highest BCUT2D eigenvalue weighted by atomic mass is 35.5. The first-order valence-electron chi connectivity index (χ1n) is 6.72. The molecule has 1 aromatic rings. The van der Waals surface area contributed by atoms with E-state index in [1.807, 2.05) is 24.3 Å². The van der Waals surface area contributed by atoms with E-state index < -0.39 is 0 Å². The SMILES string of the molecule is CCc1ccc(C(=O)NC(CC)(CC)CN)cc1.Cl. The normalized spacial score (nSPS) is 10.7. The summed E-state index contributed by atoms with van der Waals surface area (Å²) in [6, 6.07) is 7.75. The van der Waals surface area contributed by atoms with E-state index in [0.29, 0.717) is 12.1 Å². The van der Waals surface area contributed by atoms with E-state index in [-0.39, 0.29) is 23.9 Å². The molecule has 108 valence electrons.